The van der Waals surface area contributed by atoms with Gasteiger partial charge in [0.1, 0.15) is 16.4 Å². The number of methoxy groups -OCH3 is 2. The summed E-state index contributed by atoms with van der Waals surface area (Å²) in [6, 6.07) is 10.7. The summed E-state index contributed by atoms with van der Waals surface area (Å²) in [4.78, 5) is 0.123. The van der Waals surface area contributed by atoms with Crippen molar-refractivity contribution in [1.29, 1.82) is 0 Å². The van der Waals surface area contributed by atoms with Crippen LogP contribution in [0.4, 0.5) is 5.69 Å². The Kier molecular flexibility index (Phi) is 4.41. The highest BCUT2D eigenvalue weighted by Crippen LogP contribution is 2.36. The van der Waals surface area contributed by atoms with Gasteiger partial charge in [-0.25, -0.2) is 8.42 Å². The first kappa shape index (κ1) is 16.6. The number of rotatable bonds is 4. The maximum absolute atomic E-state index is 13.3. The van der Waals surface area contributed by atoms with Gasteiger partial charge in [0, 0.05) is 12.6 Å². The van der Waals surface area contributed by atoms with E-state index in [0.717, 1.165) is 29.7 Å². The molecule has 6 heteroatoms. The summed E-state index contributed by atoms with van der Waals surface area (Å²) in [5.41, 5.74) is 2.94. The lowest BCUT2D eigenvalue weighted by atomic mass is 10.0. The largest absolute Gasteiger partial charge is 0.497 e. The quantitative estimate of drug-likeness (QED) is 0.852. The lowest BCUT2D eigenvalue weighted by molar-refractivity contribution is 0.392. The van der Waals surface area contributed by atoms with Crippen LogP contribution in [-0.4, -0.2) is 29.2 Å². The molecule has 1 heterocycles. The molecule has 1 aliphatic heterocycles. The normalized spacial score (nSPS) is 14.2. The van der Waals surface area contributed by atoms with Crippen molar-refractivity contribution in [2.75, 3.05) is 25.1 Å². The van der Waals surface area contributed by atoms with E-state index in [-0.39, 0.29) is 4.90 Å². The number of anilines is 1. The SMILES string of the molecule is COc1ccc(OC)c(S(=O)(=O)N2CCCc3cc(C)ccc32)c1. The van der Waals surface area contributed by atoms with Crippen molar-refractivity contribution in [3.8, 4) is 11.5 Å². The second kappa shape index (κ2) is 6.36. The molecular formula is C18H21NO4S. The third-order valence-corrected chi connectivity index (χ3v) is 6.08. The molecule has 0 aromatic heterocycles. The Labute approximate surface area is 142 Å². The molecule has 0 saturated heterocycles. The Morgan fingerprint density at radius 2 is 1.83 bits per heavy atom. The molecule has 1 aliphatic rings. The van der Waals surface area contributed by atoms with Crippen LogP contribution in [0.3, 0.4) is 0 Å². The molecule has 0 bridgehead atoms. The first-order valence-electron chi connectivity index (χ1n) is 7.81. The van der Waals surface area contributed by atoms with Gasteiger partial charge >= 0.3 is 0 Å². The van der Waals surface area contributed by atoms with Gasteiger partial charge in [-0.05, 0) is 43.5 Å². The van der Waals surface area contributed by atoms with E-state index >= 15 is 0 Å². The number of hydrogen-bond acceptors (Lipinski definition) is 4. The number of aryl methyl sites for hydroxylation is 2. The molecule has 0 N–H and O–H groups in total. The maximum atomic E-state index is 13.3. The summed E-state index contributed by atoms with van der Waals surface area (Å²) >= 11 is 0. The second-order valence-electron chi connectivity index (χ2n) is 5.83. The average Bonchev–Trinajstić information content (AvgIpc) is 2.60. The summed E-state index contributed by atoms with van der Waals surface area (Å²) in [5, 5.41) is 0. The van der Waals surface area contributed by atoms with Crippen LogP contribution >= 0.6 is 0 Å². The van der Waals surface area contributed by atoms with Crippen LogP contribution < -0.4 is 13.8 Å². The molecule has 24 heavy (non-hydrogen) atoms. The molecule has 2 aromatic carbocycles. The fourth-order valence-corrected chi connectivity index (χ4v) is 4.76. The fourth-order valence-electron chi connectivity index (χ4n) is 3.05. The van der Waals surface area contributed by atoms with Crippen molar-refractivity contribution >= 4 is 15.7 Å². The fraction of sp³-hybridized carbons (Fsp3) is 0.333. The molecular weight excluding hydrogens is 326 g/mol. The highest BCUT2D eigenvalue weighted by molar-refractivity contribution is 7.93. The van der Waals surface area contributed by atoms with Gasteiger partial charge in [-0.3, -0.25) is 4.31 Å². The van der Waals surface area contributed by atoms with Crippen LogP contribution in [0.25, 0.3) is 0 Å². The summed E-state index contributed by atoms with van der Waals surface area (Å²) in [6.45, 7) is 2.47. The first-order valence-corrected chi connectivity index (χ1v) is 9.25. The third-order valence-electron chi connectivity index (χ3n) is 4.25. The van der Waals surface area contributed by atoms with Crippen molar-refractivity contribution in [2.45, 2.75) is 24.7 Å². The molecule has 0 saturated carbocycles. The summed E-state index contributed by atoms with van der Waals surface area (Å²) in [7, 11) is -0.758. The van der Waals surface area contributed by atoms with Crippen molar-refractivity contribution in [3.05, 3.63) is 47.5 Å². The molecule has 0 aliphatic carbocycles. The molecule has 5 nitrogen and oxygen atoms in total. The molecule has 0 spiro atoms. The van der Waals surface area contributed by atoms with Crippen LogP contribution in [0, 0.1) is 6.92 Å². The van der Waals surface area contributed by atoms with E-state index in [1.54, 1.807) is 12.1 Å². The summed E-state index contributed by atoms with van der Waals surface area (Å²) < 4.78 is 38.5. The lowest BCUT2D eigenvalue weighted by Crippen LogP contribution is -2.35. The molecule has 0 radical (unpaired) electrons. The average molecular weight is 347 g/mol. The van der Waals surface area contributed by atoms with Gasteiger partial charge in [0.25, 0.3) is 10.0 Å². The third kappa shape index (κ3) is 2.82. The Hall–Kier alpha value is -2.21. The summed E-state index contributed by atoms with van der Waals surface area (Å²) in [6.07, 6.45) is 1.68. The maximum Gasteiger partial charge on any atom is 0.268 e. The van der Waals surface area contributed by atoms with Crippen molar-refractivity contribution < 1.29 is 17.9 Å². The predicted octanol–water partition coefficient (Wildman–Crippen LogP) is 3.15. The molecule has 0 fully saturated rings. The molecule has 2 aromatic rings. The zero-order chi connectivity index (χ0) is 17.3. The van der Waals surface area contributed by atoms with Gasteiger partial charge in [0.05, 0.1) is 19.9 Å². The van der Waals surface area contributed by atoms with Crippen LogP contribution in [0.5, 0.6) is 11.5 Å². The topological polar surface area (TPSA) is 55.8 Å². The highest BCUT2D eigenvalue weighted by atomic mass is 32.2. The van der Waals surface area contributed by atoms with Crippen molar-refractivity contribution in [3.63, 3.8) is 0 Å². The van der Waals surface area contributed by atoms with Crippen LogP contribution in [0.15, 0.2) is 41.3 Å². The molecule has 0 atom stereocenters. The van der Waals surface area contributed by atoms with Gasteiger partial charge in [-0.2, -0.15) is 0 Å². The van der Waals surface area contributed by atoms with Gasteiger partial charge < -0.3 is 9.47 Å². The zero-order valence-electron chi connectivity index (χ0n) is 14.1. The van der Waals surface area contributed by atoms with Gasteiger partial charge in [0.15, 0.2) is 0 Å². The zero-order valence-corrected chi connectivity index (χ0v) is 14.9. The molecule has 0 unspecified atom stereocenters. The Morgan fingerprint density at radius 1 is 1.04 bits per heavy atom. The monoisotopic (exact) mass is 347 g/mol. The minimum atomic E-state index is -3.74. The number of sulfonamides is 1. The molecule has 3 rings (SSSR count). The van der Waals surface area contributed by atoms with E-state index in [1.807, 2.05) is 19.1 Å². The molecule has 0 amide bonds. The van der Waals surface area contributed by atoms with Crippen LogP contribution in [-0.2, 0) is 16.4 Å². The first-order chi connectivity index (χ1) is 11.5. The second-order valence-corrected chi connectivity index (χ2v) is 7.66. The van der Waals surface area contributed by atoms with Crippen molar-refractivity contribution in [1.82, 2.24) is 0 Å². The number of hydrogen-bond donors (Lipinski definition) is 0. The smallest absolute Gasteiger partial charge is 0.268 e. The van der Waals surface area contributed by atoms with Crippen LogP contribution in [0.1, 0.15) is 17.5 Å². The Morgan fingerprint density at radius 3 is 2.54 bits per heavy atom. The van der Waals surface area contributed by atoms with Gasteiger partial charge in [-0.15, -0.1) is 0 Å². The minimum Gasteiger partial charge on any atom is -0.497 e. The van der Waals surface area contributed by atoms with Gasteiger partial charge in [0.2, 0.25) is 0 Å². The van der Waals surface area contributed by atoms with E-state index in [2.05, 4.69) is 6.07 Å². The summed E-state index contributed by atoms with van der Waals surface area (Å²) in [5.74, 6) is 0.797. The van der Waals surface area contributed by atoms with E-state index in [0.29, 0.717) is 18.0 Å². The number of nitrogens with zero attached hydrogens (tertiary/aromatic N) is 1. The van der Waals surface area contributed by atoms with E-state index < -0.39 is 10.0 Å². The highest BCUT2D eigenvalue weighted by Gasteiger charge is 2.31. The number of benzene rings is 2. The van der Waals surface area contributed by atoms with E-state index in [9.17, 15) is 8.42 Å². The Balaban J connectivity index is 2.13. The Bertz CT molecular complexity index is 861. The standard InChI is InChI=1S/C18H21NO4S/c1-13-6-8-16-14(11-13)5-4-10-19(16)24(20,21)18-12-15(22-2)7-9-17(18)23-3/h6-9,11-12H,4-5,10H2,1-3H3. The van der Waals surface area contributed by atoms with E-state index in [1.165, 1.54) is 24.6 Å². The van der Waals surface area contributed by atoms with Gasteiger partial charge in [-0.1, -0.05) is 17.7 Å². The minimum absolute atomic E-state index is 0.123. The molecule has 128 valence electrons. The lowest BCUT2D eigenvalue weighted by Gasteiger charge is -2.31. The number of ether oxygens (including phenoxy) is 2. The van der Waals surface area contributed by atoms with Crippen molar-refractivity contribution in [2.24, 2.45) is 0 Å². The van der Waals surface area contributed by atoms with Crippen LogP contribution in [0.2, 0.25) is 0 Å². The predicted molar refractivity (Wildman–Crippen MR) is 93.6 cm³/mol. The van der Waals surface area contributed by atoms with E-state index in [4.69, 9.17) is 9.47 Å². The number of fused-ring (bicyclic) bond motifs is 1.